The van der Waals surface area contributed by atoms with Gasteiger partial charge in [-0.25, -0.2) is 8.42 Å². The summed E-state index contributed by atoms with van der Waals surface area (Å²) in [6, 6.07) is 1.78. The molecule has 4 nitrogen and oxygen atoms in total. The molecule has 1 aliphatic heterocycles. The van der Waals surface area contributed by atoms with Gasteiger partial charge in [0.2, 0.25) is 10.0 Å². The van der Waals surface area contributed by atoms with E-state index in [2.05, 4.69) is 21.2 Å². The average Bonchev–Trinajstić information content (AvgIpc) is 2.79. The lowest BCUT2D eigenvalue weighted by atomic mass is 10.1. The lowest BCUT2D eigenvalue weighted by Crippen LogP contribution is -2.34. The van der Waals surface area contributed by atoms with Gasteiger partial charge in [-0.15, -0.1) is 11.3 Å². The first kappa shape index (κ1) is 16.2. The third-order valence-corrected chi connectivity index (χ3v) is 7.39. The van der Waals surface area contributed by atoms with Crippen molar-refractivity contribution in [2.24, 2.45) is 0 Å². The van der Waals surface area contributed by atoms with Gasteiger partial charge < -0.3 is 5.32 Å². The summed E-state index contributed by atoms with van der Waals surface area (Å²) in [5.74, 6) is 0. The number of rotatable bonds is 5. The first-order chi connectivity index (χ1) is 9.45. The Morgan fingerprint density at radius 3 is 2.85 bits per heavy atom. The Balaban J connectivity index is 2.23. The normalized spacial score (nSPS) is 17.2. The van der Waals surface area contributed by atoms with E-state index < -0.39 is 10.0 Å². The molecule has 0 saturated carbocycles. The summed E-state index contributed by atoms with van der Waals surface area (Å²) in [5, 5.41) is 3.21. The summed E-state index contributed by atoms with van der Waals surface area (Å²) in [7, 11) is -3.40. The van der Waals surface area contributed by atoms with E-state index >= 15 is 0 Å². The molecule has 2 rings (SSSR count). The molecule has 0 bridgehead atoms. The van der Waals surface area contributed by atoms with Crippen molar-refractivity contribution < 1.29 is 8.42 Å². The molecule has 0 spiro atoms. The van der Waals surface area contributed by atoms with Crippen LogP contribution in [-0.2, 0) is 16.6 Å². The lowest BCUT2D eigenvalue weighted by Gasteiger charge is -2.24. The molecule has 1 aromatic rings. The molecule has 0 saturated heterocycles. The molecule has 0 atom stereocenters. The fraction of sp³-hybridized carbons (Fsp3) is 0.538. The largest absolute Gasteiger partial charge is 0.312 e. The summed E-state index contributed by atoms with van der Waals surface area (Å²) in [6.07, 6.45) is 2.80. The zero-order valence-corrected chi connectivity index (χ0v) is 14.9. The van der Waals surface area contributed by atoms with E-state index in [1.807, 2.05) is 19.9 Å². The molecule has 0 aliphatic carbocycles. The Labute approximate surface area is 133 Å². The molecule has 1 N–H and O–H groups in total. The van der Waals surface area contributed by atoms with Crippen LogP contribution in [0.25, 0.3) is 0 Å². The first-order valence-electron chi connectivity index (χ1n) is 6.60. The smallest absolute Gasteiger partial charge is 0.245 e. The lowest BCUT2D eigenvalue weighted by molar-refractivity contribution is 0.431. The number of sulfonamides is 1. The van der Waals surface area contributed by atoms with Crippen LogP contribution in [0, 0.1) is 0 Å². The topological polar surface area (TPSA) is 49.4 Å². The second-order valence-corrected chi connectivity index (χ2v) is 9.16. The molecule has 0 amide bonds. The number of hydrogen-bond acceptors (Lipinski definition) is 4. The Morgan fingerprint density at radius 2 is 2.25 bits per heavy atom. The summed E-state index contributed by atoms with van der Waals surface area (Å²) < 4.78 is 27.5. The van der Waals surface area contributed by atoms with Crippen LogP contribution < -0.4 is 5.32 Å². The third-order valence-electron chi connectivity index (χ3n) is 3.27. The van der Waals surface area contributed by atoms with Gasteiger partial charge >= 0.3 is 0 Å². The van der Waals surface area contributed by atoms with Gasteiger partial charge in [0.25, 0.3) is 0 Å². The third kappa shape index (κ3) is 3.51. The van der Waals surface area contributed by atoms with Crippen molar-refractivity contribution in [1.29, 1.82) is 0 Å². The van der Waals surface area contributed by atoms with E-state index in [1.54, 1.807) is 10.4 Å². The Bertz CT molecular complexity index is 608. The second-order valence-electron chi connectivity index (χ2n) is 4.79. The maximum Gasteiger partial charge on any atom is 0.245 e. The van der Waals surface area contributed by atoms with Gasteiger partial charge in [0.1, 0.15) is 4.90 Å². The van der Waals surface area contributed by atoms with Gasteiger partial charge in [-0.2, -0.15) is 4.31 Å². The SMILES string of the molecule is CCNCc1cc(S(=O)(=O)N2CC=C(C)CC2)c(Br)s1. The Kier molecular flexibility index (Phi) is 5.42. The van der Waals surface area contributed by atoms with E-state index in [0.717, 1.165) is 17.8 Å². The molecule has 1 aromatic heterocycles. The second kappa shape index (κ2) is 6.70. The van der Waals surface area contributed by atoms with Crippen molar-refractivity contribution in [3.63, 3.8) is 0 Å². The van der Waals surface area contributed by atoms with Crippen LogP contribution in [-0.4, -0.2) is 32.4 Å². The zero-order valence-electron chi connectivity index (χ0n) is 11.6. The predicted molar refractivity (Wildman–Crippen MR) is 86.5 cm³/mol. The molecule has 112 valence electrons. The number of halogens is 1. The number of hydrogen-bond donors (Lipinski definition) is 1. The molecule has 1 aliphatic rings. The monoisotopic (exact) mass is 378 g/mol. The molecule has 20 heavy (non-hydrogen) atoms. The molecular formula is C13H19BrN2O2S2. The van der Waals surface area contributed by atoms with Gasteiger partial charge in [0, 0.05) is 24.5 Å². The highest BCUT2D eigenvalue weighted by Gasteiger charge is 2.28. The van der Waals surface area contributed by atoms with Crippen LogP contribution in [0.3, 0.4) is 0 Å². The fourth-order valence-electron chi connectivity index (χ4n) is 2.02. The summed E-state index contributed by atoms with van der Waals surface area (Å²) in [6.45, 7) is 6.68. The molecule has 0 aromatic carbocycles. The predicted octanol–water partition coefficient (Wildman–Crippen LogP) is 2.96. The number of nitrogens with one attached hydrogen (secondary N) is 1. The highest BCUT2D eigenvalue weighted by Crippen LogP contribution is 2.34. The van der Waals surface area contributed by atoms with Crippen molar-refractivity contribution in [1.82, 2.24) is 9.62 Å². The van der Waals surface area contributed by atoms with Crippen molar-refractivity contribution in [3.05, 3.63) is 26.4 Å². The first-order valence-corrected chi connectivity index (χ1v) is 9.64. The highest BCUT2D eigenvalue weighted by atomic mass is 79.9. The minimum absolute atomic E-state index is 0.392. The van der Waals surface area contributed by atoms with E-state index in [-0.39, 0.29) is 0 Å². The van der Waals surface area contributed by atoms with Crippen LogP contribution >= 0.6 is 27.3 Å². The summed E-state index contributed by atoms with van der Waals surface area (Å²) in [5.41, 5.74) is 1.26. The molecule has 7 heteroatoms. The van der Waals surface area contributed by atoms with Gasteiger partial charge in [-0.1, -0.05) is 18.6 Å². The van der Waals surface area contributed by atoms with Crippen molar-refractivity contribution in [2.45, 2.75) is 31.7 Å². The van der Waals surface area contributed by atoms with Gasteiger partial charge in [-0.3, -0.25) is 0 Å². The van der Waals surface area contributed by atoms with Crippen LogP contribution in [0.5, 0.6) is 0 Å². The van der Waals surface area contributed by atoms with Crippen molar-refractivity contribution in [2.75, 3.05) is 19.6 Å². The van der Waals surface area contributed by atoms with Crippen molar-refractivity contribution in [3.8, 4) is 0 Å². The number of thiophene rings is 1. The molecular weight excluding hydrogens is 360 g/mol. The van der Waals surface area contributed by atoms with Crippen LogP contribution in [0.15, 0.2) is 26.4 Å². The van der Waals surface area contributed by atoms with Gasteiger partial charge in [0.05, 0.1) is 3.79 Å². The van der Waals surface area contributed by atoms with E-state index in [4.69, 9.17) is 0 Å². The quantitative estimate of drug-likeness (QED) is 0.801. The maximum atomic E-state index is 12.7. The average molecular weight is 379 g/mol. The molecule has 0 radical (unpaired) electrons. The van der Waals surface area contributed by atoms with E-state index in [0.29, 0.717) is 28.3 Å². The highest BCUT2D eigenvalue weighted by molar-refractivity contribution is 9.11. The molecule has 0 fully saturated rings. The van der Waals surface area contributed by atoms with Gasteiger partial charge in [-0.05, 0) is 41.9 Å². The minimum Gasteiger partial charge on any atom is -0.312 e. The number of nitrogens with zero attached hydrogens (tertiary/aromatic N) is 1. The Morgan fingerprint density at radius 1 is 1.50 bits per heavy atom. The maximum absolute atomic E-state index is 12.7. The minimum atomic E-state index is -3.40. The van der Waals surface area contributed by atoms with E-state index in [1.165, 1.54) is 16.9 Å². The summed E-state index contributed by atoms with van der Waals surface area (Å²) >= 11 is 4.87. The van der Waals surface area contributed by atoms with Crippen LogP contribution in [0.1, 0.15) is 25.1 Å². The fourth-order valence-corrected chi connectivity index (χ4v) is 6.00. The molecule has 2 heterocycles. The molecule has 0 unspecified atom stereocenters. The zero-order chi connectivity index (χ0) is 14.8. The van der Waals surface area contributed by atoms with Crippen LogP contribution in [0.4, 0.5) is 0 Å². The van der Waals surface area contributed by atoms with Gasteiger partial charge in [0.15, 0.2) is 0 Å². The van der Waals surface area contributed by atoms with Crippen LogP contribution in [0.2, 0.25) is 0 Å². The Hall–Kier alpha value is -0.210. The van der Waals surface area contributed by atoms with Crippen molar-refractivity contribution >= 4 is 37.3 Å². The van der Waals surface area contributed by atoms with E-state index in [9.17, 15) is 8.42 Å². The summed E-state index contributed by atoms with van der Waals surface area (Å²) in [4.78, 5) is 1.42. The standard InChI is InChI=1S/C13H19BrN2O2S2/c1-3-15-9-11-8-12(13(14)19-11)20(17,18)16-6-4-10(2)5-7-16/h4,8,15H,3,5-7,9H2,1-2H3.